The minimum Gasteiger partial charge on any atom is -0.475 e. The highest BCUT2D eigenvalue weighted by atomic mass is 19.4. The molecule has 1 atom stereocenters. The number of anilines is 1. The fourth-order valence-electron chi connectivity index (χ4n) is 4.41. The summed E-state index contributed by atoms with van der Waals surface area (Å²) in [6, 6.07) is 8.85. The summed E-state index contributed by atoms with van der Waals surface area (Å²) < 4.78 is 103. The second-order valence-electron chi connectivity index (χ2n) is 10.2. The first-order chi connectivity index (χ1) is 22.1. The maximum Gasteiger partial charge on any atom is 0.490 e. The quantitative estimate of drug-likeness (QED) is 0.317. The highest BCUT2D eigenvalue weighted by molar-refractivity contribution is 5.73. The first kappa shape index (κ1) is 39.6. The number of nitrogens with zero attached hydrogens (tertiary/aromatic N) is 5. The lowest BCUT2D eigenvalue weighted by Gasteiger charge is -2.38. The molecular formula is C27H30F9N5O7. The molecule has 5 rings (SSSR count). The van der Waals surface area contributed by atoms with E-state index < -0.39 is 36.4 Å². The normalized spacial score (nSPS) is 17.4. The van der Waals surface area contributed by atoms with Gasteiger partial charge in [-0.25, -0.2) is 19.4 Å². The number of halogens is 9. The summed E-state index contributed by atoms with van der Waals surface area (Å²) in [7, 11) is 2.21. The average molecular weight is 708 g/mol. The van der Waals surface area contributed by atoms with E-state index in [2.05, 4.69) is 56.6 Å². The van der Waals surface area contributed by atoms with Gasteiger partial charge in [0.1, 0.15) is 11.5 Å². The van der Waals surface area contributed by atoms with E-state index in [4.69, 9.17) is 39.1 Å². The lowest BCUT2D eigenvalue weighted by atomic mass is 10.1. The van der Waals surface area contributed by atoms with Crippen LogP contribution in [0.4, 0.5) is 45.3 Å². The lowest BCUT2D eigenvalue weighted by Crippen LogP contribution is -2.46. The molecule has 12 nitrogen and oxygen atoms in total. The van der Waals surface area contributed by atoms with Gasteiger partial charge in [0.05, 0.1) is 24.3 Å². The van der Waals surface area contributed by atoms with Crippen molar-refractivity contribution >= 4 is 29.4 Å². The molecular weight excluding hydrogens is 677 g/mol. The molecule has 0 saturated carbocycles. The molecule has 2 saturated heterocycles. The summed E-state index contributed by atoms with van der Waals surface area (Å²) in [4.78, 5) is 39.1. The van der Waals surface area contributed by atoms with Crippen LogP contribution < -0.4 is 4.90 Å². The maximum atomic E-state index is 10.6. The highest BCUT2D eigenvalue weighted by Gasteiger charge is 2.39. The molecule has 0 aromatic carbocycles. The van der Waals surface area contributed by atoms with E-state index in [1.807, 2.05) is 6.26 Å². The standard InChI is InChI=1S/C21H27N5O.3C2HF3O2/c1-23-10-11-24(13-17-7-12-27-16-17)15-19(23)18-14-26-20(22-18)5-4-6-21(26)25-8-2-3-9-25;3*3-2(4,5)1(6)7/h4-7,12,14,16,19H,2-3,8-11,13,15H2,1H3;3*(H,6,7). The van der Waals surface area contributed by atoms with Crippen LogP contribution in [0.1, 0.15) is 30.1 Å². The van der Waals surface area contributed by atoms with Crippen LogP contribution in [0.3, 0.4) is 0 Å². The smallest absolute Gasteiger partial charge is 0.475 e. The Bertz CT molecular complexity index is 1430. The number of hydrogen-bond donors (Lipinski definition) is 3. The predicted molar refractivity (Wildman–Crippen MR) is 147 cm³/mol. The fourth-order valence-corrected chi connectivity index (χ4v) is 4.41. The minimum absolute atomic E-state index is 0.317. The Labute approximate surface area is 265 Å². The molecule has 21 heteroatoms. The summed E-state index contributed by atoms with van der Waals surface area (Å²) in [5.74, 6) is -7.00. The number of piperazine rings is 1. The van der Waals surface area contributed by atoms with Crippen molar-refractivity contribution in [2.24, 2.45) is 0 Å². The van der Waals surface area contributed by atoms with E-state index in [1.165, 1.54) is 29.9 Å². The van der Waals surface area contributed by atoms with Gasteiger partial charge in [-0.15, -0.1) is 0 Å². The van der Waals surface area contributed by atoms with Crippen molar-refractivity contribution in [3.8, 4) is 0 Å². The monoisotopic (exact) mass is 707 g/mol. The zero-order valence-corrected chi connectivity index (χ0v) is 24.9. The van der Waals surface area contributed by atoms with E-state index in [0.29, 0.717) is 6.04 Å². The highest BCUT2D eigenvalue weighted by Crippen LogP contribution is 2.28. The Morgan fingerprint density at radius 1 is 0.833 bits per heavy atom. The molecule has 268 valence electrons. The third-order valence-corrected chi connectivity index (χ3v) is 6.71. The number of furan rings is 1. The molecule has 1 unspecified atom stereocenters. The number of carboxylic acid groups (broad SMARTS) is 3. The van der Waals surface area contributed by atoms with E-state index in [0.717, 1.165) is 44.9 Å². The number of fused-ring (bicyclic) bond motifs is 1. The average Bonchev–Trinajstić information content (AvgIpc) is 3.76. The van der Waals surface area contributed by atoms with Crippen LogP contribution in [-0.2, 0) is 20.9 Å². The Morgan fingerprint density at radius 2 is 1.35 bits per heavy atom. The summed E-state index contributed by atoms with van der Waals surface area (Å²) >= 11 is 0. The van der Waals surface area contributed by atoms with Crippen molar-refractivity contribution in [2.75, 3.05) is 44.7 Å². The van der Waals surface area contributed by atoms with Gasteiger partial charge in [0.2, 0.25) is 0 Å². The largest absolute Gasteiger partial charge is 0.490 e. The van der Waals surface area contributed by atoms with E-state index in [1.54, 1.807) is 6.26 Å². The van der Waals surface area contributed by atoms with Gasteiger partial charge in [0, 0.05) is 51.0 Å². The van der Waals surface area contributed by atoms with E-state index >= 15 is 0 Å². The van der Waals surface area contributed by atoms with Gasteiger partial charge in [0.25, 0.3) is 0 Å². The Hall–Kier alpha value is -4.53. The van der Waals surface area contributed by atoms with Crippen molar-refractivity contribution in [2.45, 2.75) is 44.0 Å². The number of aromatic nitrogens is 2. The molecule has 3 aromatic rings. The number of pyridine rings is 1. The van der Waals surface area contributed by atoms with Crippen LogP contribution in [0.25, 0.3) is 5.65 Å². The second-order valence-corrected chi connectivity index (χ2v) is 10.2. The number of carboxylic acids is 3. The van der Waals surface area contributed by atoms with Gasteiger partial charge < -0.3 is 24.6 Å². The molecule has 48 heavy (non-hydrogen) atoms. The molecule has 2 fully saturated rings. The predicted octanol–water partition coefficient (Wildman–Crippen LogP) is 4.92. The molecule has 0 radical (unpaired) electrons. The molecule has 0 bridgehead atoms. The van der Waals surface area contributed by atoms with E-state index in [9.17, 15) is 39.5 Å². The van der Waals surface area contributed by atoms with Crippen LogP contribution in [0.5, 0.6) is 0 Å². The number of hydrogen-bond acceptors (Lipinski definition) is 8. The lowest BCUT2D eigenvalue weighted by molar-refractivity contribution is -0.193. The number of rotatable bonds is 4. The summed E-state index contributed by atoms with van der Waals surface area (Å²) in [5.41, 5.74) is 3.46. The molecule has 3 aromatic heterocycles. The van der Waals surface area contributed by atoms with Gasteiger partial charge in [-0.05, 0) is 38.1 Å². The second kappa shape index (κ2) is 16.5. The number of alkyl halides is 9. The molecule has 5 heterocycles. The van der Waals surface area contributed by atoms with Crippen LogP contribution >= 0.6 is 0 Å². The number of likely N-dealkylation sites (N-methyl/N-ethyl adjacent to an activating group) is 1. The molecule has 0 amide bonds. The summed E-state index contributed by atoms with van der Waals surface area (Å²) in [6.45, 7) is 6.35. The van der Waals surface area contributed by atoms with Crippen LogP contribution in [-0.4, -0.2) is 111 Å². The van der Waals surface area contributed by atoms with Gasteiger partial charge in [-0.3, -0.25) is 14.2 Å². The van der Waals surface area contributed by atoms with Gasteiger partial charge in [-0.1, -0.05) is 6.07 Å². The van der Waals surface area contributed by atoms with Crippen LogP contribution in [0.15, 0.2) is 47.4 Å². The van der Waals surface area contributed by atoms with E-state index in [-0.39, 0.29) is 0 Å². The van der Waals surface area contributed by atoms with Crippen LogP contribution in [0, 0.1) is 0 Å². The maximum absolute atomic E-state index is 10.6. The molecule has 2 aliphatic rings. The van der Waals surface area contributed by atoms with Gasteiger partial charge >= 0.3 is 36.4 Å². The van der Waals surface area contributed by atoms with Crippen LogP contribution in [0.2, 0.25) is 0 Å². The topological polar surface area (TPSA) is 152 Å². The molecule has 0 spiro atoms. The third-order valence-electron chi connectivity index (χ3n) is 6.71. The first-order valence-corrected chi connectivity index (χ1v) is 13.7. The fraction of sp³-hybridized carbons (Fsp3) is 0.481. The minimum atomic E-state index is -5.08. The SMILES string of the molecule is CN1CCN(Cc2ccoc2)CC1c1cn2c(N3CCCC3)cccc2n1.O=C(O)C(F)(F)F.O=C(O)C(F)(F)F.O=C(O)C(F)(F)F. The Morgan fingerprint density at radius 3 is 1.81 bits per heavy atom. The zero-order valence-electron chi connectivity index (χ0n) is 24.9. The number of carbonyl (C=O) groups is 3. The van der Waals surface area contributed by atoms with Crippen molar-refractivity contribution in [1.82, 2.24) is 19.2 Å². The van der Waals surface area contributed by atoms with Gasteiger partial charge in [-0.2, -0.15) is 39.5 Å². The Balaban J connectivity index is 0.000000313. The first-order valence-electron chi connectivity index (χ1n) is 13.7. The summed E-state index contributed by atoms with van der Waals surface area (Å²) in [5, 5.41) is 21.4. The molecule has 2 aliphatic heterocycles. The van der Waals surface area contributed by atoms with Crippen molar-refractivity contribution in [1.29, 1.82) is 0 Å². The summed E-state index contributed by atoms with van der Waals surface area (Å²) in [6.07, 6.45) is -6.82. The molecule has 0 aliphatic carbocycles. The Kier molecular flexibility index (Phi) is 13.7. The number of aliphatic carboxylic acids is 3. The van der Waals surface area contributed by atoms with Crippen molar-refractivity contribution in [3.63, 3.8) is 0 Å². The number of imidazole rings is 1. The van der Waals surface area contributed by atoms with Gasteiger partial charge in [0.15, 0.2) is 0 Å². The van der Waals surface area contributed by atoms with Crippen molar-refractivity contribution < 1.29 is 73.6 Å². The molecule has 3 N–H and O–H groups in total. The third kappa shape index (κ3) is 12.2. The van der Waals surface area contributed by atoms with Crippen molar-refractivity contribution in [3.05, 3.63) is 54.2 Å². The zero-order chi connectivity index (χ0) is 36.4.